The van der Waals surface area contributed by atoms with Crippen LogP contribution in [-0.4, -0.2) is 27.9 Å². The number of nitrogens with one attached hydrogen (secondary N) is 1. The Labute approximate surface area is 155 Å². The maximum Gasteiger partial charge on any atom is 0.333 e. The molecule has 0 atom stereocenters. The maximum absolute atomic E-state index is 11.2. The number of benzene rings is 2. The number of rotatable bonds is 6. The average Bonchev–Trinajstić information content (AvgIpc) is 3.10. The lowest BCUT2D eigenvalue weighted by Gasteiger charge is -2.19. The molecule has 0 aliphatic carbocycles. The Balaban J connectivity index is 1.68. The minimum Gasteiger partial charge on any atom is -0.472 e. The summed E-state index contributed by atoms with van der Waals surface area (Å²) >= 11 is 5.90. The molecule has 3 rings (SSSR count). The highest BCUT2D eigenvalue weighted by molar-refractivity contribution is 6.30. The van der Waals surface area contributed by atoms with E-state index >= 15 is 0 Å². The van der Waals surface area contributed by atoms with Crippen LogP contribution in [0.4, 0.5) is 10.5 Å². The molecular weight excluding hydrogens is 354 g/mol. The Morgan fingerprint density at radius 2 is 1.96 bits per heavy atom. The van der Waals surface area contributed by atoms with Crippen LogP contribution < -0.4 is 15.9 Å². The third-order valence-corrected chi connectivity index (χ3v) is 3.92. The molecule has 7 nitrogen and oxygen atoms in total. The molecule has 26 heavy (non-hydrogen) atoms. The van der Waals surface area contributed by atoms with E-state index in [0.717, 1.165) is 16.9 Å². The zero-order valence-corrected chi connectivity index (χ0v) is 14.8. The quantitative estimate of drug-likeness (QED) is 0.650. The van der Waals surface area contributed by atoms with Crippen molar-refractivity contribution in [2.75, 3.05) is 12.5 Å². The monoisotopic (exact) mass is 371 g/mol. The Morgan fingerprint density at radius 1 is 1.23 bits per heavy atom. The van der Waals surface area contributed by atoms with Gasteiger partial charge in [-0.05, 0) is 30.3 Å². The molecule has 2 aromatic carbocycles. The lowest BCUT2D eigenvalue weighted by Crippen LogP contribution is -2.36. The summed E-state index contributed by atoms with van der Waals surface area (Å²) in [5.74, 6) is 0.484. The van der Waals surface area contributed by atoms with Crippen molar-refractivity contribution < 1.29 is 9.53 Å². The third-order valence-electron chi connectivity index (χ3n) is 3.67. The smallest absolute Gasteiger partial charge is 0.333 e. The van der Waals surface area contributed by atoms with Crippen molar-refractivity contribution in [2.24, 2.45) is 5.73 Å². The van der Waals surface area contributed by atoms with Crippen LogP contribution in [0.25, 0.3) is 5.69 Å². The number of anilines is 1. The second kappa shape index (κ2) is 7.79. The number of primary amides is 1. The molecule has 8 heteroatoms. The lowest BCUT2D eigenvalue weighted by molar-refractivity contribution is 0.226. The van der Waals surface area contributed by atoms with Crippen molar-refractivity contribution in [1.29, 1.82) is 0 Å². The molecule has 0 unspecified atom stereocenters. The molecular formula is C18H18ClN5O2. The van der Waals surface area contributed by atoms with Gasteiger partial charge in [-0.1, -0.05) is 29.8 Å². The van der Waals surface area contributed by atoms with Gasteiger partial charge in [-0.3, -0.25) is 5.43 Å². The van der Waals surface area contributed by atoms with E-state index in [2.05, 4.69) is 10.5 Å². The number of carbonyl (C=O) groups is 1. The second-order valence-electron chi connectivity index (χ2n) is 5.53. The molecule has 3 N–H and O–H groups in total. The number of hydrazine groups is 1. The van der Waals surface area contributed by atoms with E-state index in [0.29, 0.717) is 10.9 Å². The molecule has 0 fully saturated rings. The van der Waals surface area contributed by atoms with Crippen LogP contribution in [0.1, 0.15) is 5.56 Å². The zero-order valence-electron chi connectivity index (χ0n) is 14.1. The first kappa shape index (κ1) is 17.6. The fourth-order valence-corrected chi connectivity index (χ4v) is 2.39. The lowest BCUT2D eigenvalue weighted by atomic mass is 10.2. The van der Waals surface area contributed by atoms with E-state index in [9.17, 15) is 4.79 Å². The van der Waals surface area contributed by atoms with Gasteiger partial charge in [-0.25, -0.2) is 14.5 Å². The topological polar surface area (TPSA) is 85.4 Å². The van der Waals surface area contributed by atoms with Gasteiger partial charge < -0.3 is 10.5 Å². The molecule has 2 amide bonds. The van der Waals surface area contributed by atoms with Gasteiger partial charge in [0.05, 0.1) is 11.4 Å². The maximum atomic E-state index is 11.2. The Bertz CT molecular complexity index is 895. The van der Waals surface area contributed by atoms with Crippen molar-refractivity contribution >= 4 is 23.3 Å². The number of carbonyl (C=O) groups excluding carboxylic acids is 1. The van der Waals surface area contributed by atoms with E-state index in [4.69, 9.17) is 22.1 Å². The van der Waals surface area contributed by atoms with Crippen molar-refractivity contribution in [1.82, 2.24) is 14.8 Å². The molecule has 0 saturated heterocycles. The fraction of sp³-hybridized carbons (Fsp3) is 0.111. The fourth-order valence-electron chi connectivity index (χ4n) is 2.26. The first-order valence-corrected chi connectivity index (χ1v) is 8.23. The molecule has 1 aromatic heterocycles. The first-order chi connectivity index (χ1) is 12.5. The summed E-state index contributed by atoms with van der Waals surface area (Å²) < 4.78 is 7.47. The van der Waals surface area contributed by atoms with Crippen LogP contribution >= 0.6 is 11.6 Å². The van der Waals surface area contributed by atoms with Crippen molar-refractivity contribution in [3.8, 4) is 11.6 Å². The number of amides is 2. The number of urea groups is 1. The average molecular weight is 372 g/mol. The molecule has 0 spiro atoms. The SMILES string of the molecule is CN(Nc1ccccc1COc1ccn(-c2ccc(Cl)cc2)n1)C(N)=O. The summed E-state index contributed by atoms with van der Waals surface area (Å²) in [5, 5.41) is 6.26. The molecule has 0 aliphatic heterocycles. The van der Waals surface area contributed by atoms with Crippen LogP contribution in [0.5, 0.6) is 5.88 Å². The summed E-state index contributed by atoms with van der Waals surface area (Å²) in [7, 11) is 1.55. The van der Waals surface area contributed by atoms with Gasteiger partial charge in [0.2, 0.25) is 5.88 Å². The second-order valence-corrected chi connectivity index (χ2v) is 5.97. The molecule has 0 saturated carbocycles. The number of ether oxygens (including phenoxy) is 1. The molecule has 134 valence electrons. The highest BCUT2D eigenvalue weighted by Crippen LogP contribution is 2.19. The van der Waals surface area contributed by atoms with E-state index in [1.54, 1.807) is 29.9 Å². The summed E-state index contributed by atoms with van der Waals surface area (Å²) in [5.41, 5.74) is 10.6. The number of nitrogens with two attached hydrogens (primary N) is 1. The van der Waals surface area contributed by atoms with E-state index in [1.165, 1.54) is 5.01 Å². The van der Waals surface area contributed by atoms with E-state index in [-0.39, 0.29) is 6.61 Å². The third kappa shape index (κ3) is 4.25. The highest BCUT2D eigenvalue weighted by Gasteiger charge is 2.09. The van der Waals surface area contributed by atoms with Gasteiger partial charge in [0.1, 0.15) is 6.61 Å². The number of hydrogen-bond acceptors (Lipinski definition) is 4. The molecule has 0 bridgehead atoms. The van der Waals surface area contributed by atoms with Gasteiger partial charge in [-0.15, -0.1) is 5.10 Å². The van der Waals surface area contributed by atoms with Crippen LogP contribution in [0, 0.1) is 0 Å². The summed E-state index contributed by atoms with van der Waals surface area (Å²) in [6.07, 6.45) is 1.81. The van der Waals surface area contributed by atoms with Crippen molar-refractivity contribution in [2.45, 2.75) is 6.61 Å². The Morgan fingerprint density at radius 3 is 2.69 bits per heavy atom. The van der Waals surface area contributed by atoms with Crippen molar-refractivity contribution in [3.05, 3.63) is 71.4 Å². The standard InChI is InChI=1S/C18H18ClN5O2/c1-23(18(20)25)21-16-5-3-2-4-13(16)12-26-17-10-11-24(22-17)15-8-6-14(19)7-9-15/h2-11,21H,12H2,1H3,(H2,20,25). The van der Waals surface area contributed by atoms with E-state index < -0.39 is 6.03 Å². The molecule has 3 aromatic rings. The summed E-state index contributed by atoms with van der Waals surface area (Å²) in [6.45, 7) is 0.285. The van der Waals surface area contributed by atoms with Crippen molar-refractivity contribution in [3.63, 3.8) is 0 Å². The number of nitrogens with zero attached hydrogens (tertiary/aromatic N) is 3. The minimum absolute atomic E-state index is 0.285. The van der Waals surface area contributed by atoms with Gasteiger partial charge in [0.25, 0.3) is 0 Å². The summed E-state index contributed by atoms with van der Waals surface area (Å²) in [4.78, 5) is 11.2. The number of halogens is 1. The van der Waals surface area contributed by atoms with Gasteiger partial charge in [0.15, 0.2) is 0 Å². The first-order valence-electron chi connectivity index (χ1n) is 7.85. The largest absolute Gasteiger partial charge is 0.472 e. The predicted molar refractivity (Wildman–Crippen MR) is 100 cm³/mol. The van der Waals surface area contributed by atoms with E-state index in [1.807, 2.05) is 42.6 Å². The molecule has 1 heterocycles. The van der Waals surface area contributed by atoms with Crippen LogP contribution in [0.15, 0.2) is 60.8 Å². The highest BCUT2D eigenvalue weighted by atomic mass is 35.5. The van der Waals surface area contributed by atoms with Gasteiger partial charge in [-0.2, -0.15) is 0 Å². The number of hydrogen-bond donors (Lipinski definition) is 2. The van der Waals surface area contributed by atoms with Crippen LogP contribution in [-0.2, 0) is 6.61 Å². The molecule has 0 radical (unpaired) electrons. The number of aromatic nitrogens is 2. The zero-order chi connectivity index (χ0) is 18.5. The number of para-hydroxylation sites is 1. The van der Waals surface area contributed by atoms with Gasteiger partial charge in [0, 0.05) is 29.9 Å². The summed E-state index contributed by atoms with van der Waals surface area (Å²) in [6, 6.07) is 16.0. The molecule has 0 aliphatic rings. The van der Waals surface area contributed by atoms with Crippen LogP contribution in [0.3, 0.4) is 0 Å². The normalized spacial score (nSPS) is 10.4. The van der Waals surface area contributed by atoms with Crippen LogP contribution in [0.2, 0.25) is 5.02 Å². The predicted octanol–water partition coefficient (Wildman–Crippen LogP) is 3.44. The Kier molecular flexibility index (Phi) is 5.28. The Hall–Kier alpha value is -3.19. The van der Waals surface area contributed by atoms with Gasteiger partial charge >= 0.3 is 6.03 Å². The minimum atomic E-state index is -0.581.